The summed E-state index contributed by atoms with van der Waals surface area (Å²) in [5.41, 5.74) is 2.71. The summed E-state index contributed by atoms with van der Waals surface area (Å²) in [7, 11) is 0. The van der Waals surface area contributed by atoms with Gasteiger partial charge in [-0.1, -0.05) is 39.3 Å². The van der Waals surface area contributed by atoms with Gasteiger partial charge in [0.25, 0.3) is 0 Å². The zero-order valence-corrected chi connectivity index (χ0v) is 10.5. The van der Waals surface area contributed by atoms with E-state index >= 15 is 0 Å². The topological polar surface area (TPSA) is 0 Å². The minimum atomic E-state index is 0.515. The minimum Gasteiger partial charge on any atom is -0.0990 e. The zero-order chi connectivity index (χ0) is 10.8. The minimum absolute atomic E-state index is 0.515. The predicted molar refractivity (Wildman–Crippen MR) is 64.6 cm³/mol. The highest BCUT2D eigenvalue weighted by Crippen LogP contribution is 2.70. The smallest absolute Gasteiger partial charge is 0.00849 e. The zero-order valence-electron chi connectivity index (χ0n) is 10.5. The van der Waals surface area contributed by atoms with Gasteiger partial charge >= 0.3 is 0 Å². The maximum Gasteiger partial charge on any atom is -0.00849 e. The molecule has 3 rings (SSSR count). The molecule has 0 amide bonds. The highest BCUT2D eigenvalue weighted by Gasteiger charge is 2.61. The maximum absolute atomic E-state index is 4.46. The normalized spacial score (nSPS) is 51.9. The molecule has 3 saturated carbocycles. The largest absolute Gasteiger partial charge is 0.0990 e. The Labute approximate surface area is 94.1 Å². The van der Waals surface area contributed by atoms with E-state index in [2.05, 4.69) is 27.4 Å². The van der Waals surface area contributed by atoms with Gasteiger partial charge in [-0.3, -0.25) is 0 Å². The lowest BCUT2D eigenvalue weighted by molar-refractivity contribution is 0.141. The van der Waals surface area contributed by atoms with Crippen molar-refractivity contribution < 1.29 is 0 Å². The van der Waals surface area contributed by atoms with Gasteiger partial charge in [-0.15, -0.1) is 0 Å². The van der Waals surface area contributed by atoms with E-state index in [4.69, 9.17) is 0 Å². The van der Waals surface area contributed by atoms with Gasteiger partial charge in [0.2, 0.25) is 0 Å². The summed E-state index contributed by atoms with van der Waals surface area (Å²) in [5.74, 6) is 2.79. The SMILES string of the molecule is C=C1[C@H]2CC[C@@H]3[C@H]2C(C)(C)CCC[C@]13C. The van der Waals surface area contributed by atoms with Crippen LogP contribution in [-0.2, 0) is 0 Å². The molecule has 3 fully saturated rings. The van der Waals surface area contributed by atoms with E-state index in [0.29, 0.717) is 10.8 Å². The molecule has 84 valence electrons. The lowest BCUT2D eigenvalue weighted by Gasteiger charge is -2.35. The van der Waals surface area contributed by atoms with Crippen molar-refractivity contribution in [3.05, 3.63) is 12.2 Å². The fraction of sp³-hybridized carbons (Fsp3) is 0.867. The molecule has 0 aromatic heterocycles. The van der Waals surface area contributed by atoms with Gasteiger partial charge in [0.15, 0.2) is 0 Å². The van der Waals surface area contributed by atoms with Crippen LogP contribution in [0.5, 0.6) is 0 Å². The van der Waals surface area contributed by atoms with Crippen molar-refractivity contribution in [3.63, 3.8) is 0 Å². The molecule has 0 aliphatic heterocycles. The molecule has 0 nitrogen and oxygen atoms in total. The first kappa shape index (κ1) is 9.93. The van der Waals surface area contributed by atoms with E-state index in [1.807, 2.05) is 0 Å². The van der Waals surface area contributed by atoms with Crippen LogP contribution in [0.4, 0.5) is 0 Å². The fourth-order valence-corrected chi connectivity index (χ4v) is 5.28. The number of allylic oxidation sites excluding steroid dienone is 1. The summed E-state index contributed by atoms with van der Waals surface area (Å²) in [6, 6.07) is 0. The average Bonchev–Trinajstić information content (AvgIpc) is 2.63. The van der Waals surface area contributed by atoms with Crippen LogP contribution in [0.15, 0.2) is 12.2 Å². The van der Waals surface area contributed by atoms with Crippen molar-refractivity contribution in [1.82, 2.24) is 0 Å². The van der Waals surface area contributed by atoms with Crippen LogP contribution in [0.3, 0.4) is 0 Å². The molecule has 3 aliphatic carbocycles. The number of hydrogen-bond acceptors (Lipinski definition) is 0. The van der Waals surface area contributed by atoms with Crippen molar-refractivity contribution in [2.45, 2.75) is 52.9 Å². The maximum atomic E-state index is 4.46. The first-order valence-corrected chi connectivity index (χ1v) is 6.66. The van der Waals surface area contributed by atoms with Crippen molar-refractivity contribution in [1.29, 1.82) is 0 Å². The van der Waals surface area contributed by atoms with Gasteiger partial charge < -0.3 is 0 Å². The summed E-state index contributed by atoms with van der Waals surface area (Å²) in [4.78, 5) is 0. The third-order valence-electron chi connectivity index (χ3n) is 6.07. The molecule has 4 atom stereocenters. The summed E-state index contributed by atoms with van der Waals surface area (Å²) >= 11 is 0. The van der Waals surface area contributed by atoms with Gasteiger partial charge in [-0.05, 0) is 54.3 Å². The van der Waals surface area contributed by atoms with Gasteiger partial charge in [0.1, 0.15) is 0 Å². The number of rotatable bonds is 0. The molecule has 0 unspecified atom stereocenters. The molecule has 0 saturated heterocycles. The lowest BCUT2D eigenvalue weighted by atomic mass is 9.69. The van der Waals surface area contributed by atoms with Gasteiger partial charge in [-0.25, -0.2) is 0 Å². The van der Waals surface area contributed by atoms with Gasteiger partial charge in [0, 0.05) is 0 Å². The highest BCUT2D eigenvalue weighted by molar-refractivity contribution is 5.29. The van der Waals surface area contributed by atoms with Crippen molar-refractivity contribution in [2.24, 2.45) is 28.6 Å². The second-order valence-electron chi connectivity index (χ2n) is 7.10. The summed E-state index contributed by atoms with van der Waals surface area (Å²) in [6.07, 6.45) is 7.18. The van der Waals surface area contributed by atoms with Crippen molar-refractivity contribution in [3.8, 4) is 0 Å². The Morgan fingerprint density at radius 2 is 1.87 bits per heavy atom. The van der Waals surface area contributed by atoms with Crippen LogP contribution in [0, 0.1) is 28.6 Å². The third-order valence-corrected chi connectivity index (χ3v) is 6.07. The van der Waals surface area contributed by atoms with Crippen molar-refractivity contribution in [2.75, 3.05) is 0 Å². The third kappa shape index (κ3) is 1.04. The second-order valence-corrected chi connectivity index (χ2v) is 7.10. The average molecular weight is 204 g/mol. The molecule has 15 heavy (non-hydrogen) atoms. The molecule has 3 aliphatic rings. The quantitative estimate of drug-likeness (QED) is 0.513. The molecule has 0 heterocycles. The van der Waals surface area contributed by atoms with Gasteiger partial charge in [-0.2, -0.15) is 0 Å². The molecule has 0 aromatic rings. The van der Waals surface area contributed by atoms with E-state index < -0.39 is 0 Å². The molecule has 0 spiro atoms. The van der Waals surface area contributed by atoms with Crippen LogP contribution in [-0.4, -0.2) is 0 Å². The monoisotopic (exact) mass is 204 g/mol. The summed E-state index contributed by atoms with van der Waals surface area (Å²) in [6.45, 7) is 12.0. The Kier molecular flexibility index (Phi) is 1.79. The number of hydrogen-bond donors (Lipinski definition) is 0. The molecular formula is C15H24. The Balaban J connectivity index is 2.10. The van der Waals surface area contributed by atoms with Crippen LogP contribution >= 0.6 is 0 Å². The Hall–Kier alpha value is -0.260. The summed E-state index contributed by atoms with van der Waals surface area (Å²) < 4.78 is 0. The molecular weight excluding hydrogens is 180 g/mol. The second kappa shape index (κ2) is 2.70. The van der Waals surface area contributed by atoms with Gasteiger partial charge in [0.05, 0.1) is 0 Å². The van der Waals surface area contributed by atoms with E-state index in [1.165, 1.54) is 32.1 Å². The molecule has 0 heteroatoms. The van der Waals surface area contributed by atoms with Crippen LogP contribution < -0.4 is 0 Å². The van der Waals surface area contributed by atoms with E-state index in [-0.39, 0.29) is 0 Å². The fourth-order valence-electron chi connectivity index (χ4n) is 5.28. The first-order chi connectivity index (χ1) is 6.97. The molecule has 0 N–H and O–H groups in total. The molecule has 0 aromatic carbocycles. The first-order valence-electron chi connectivity index (χ1n) is 6.66. The van der Waals surface area contributed by atoms with Crippen molar-refractivity contribution >= 4 is 0 Å². The Morgan fingerprint density at radius 1 is 1.13 bits per heavy atom. The standard InChI is InChI=1S/C15H24/c1-10-11-6-7-12-13(11)14(2,3)8-5-9-15(10,12)4/h11-13H,1,5-9H2,2-4H3/t11-,12-,13+,15-/m1/s1. The Morgan fingerprint density at radius 3 is 2.60 bits per heavy atom. The Bertz CT molecular complexity index is 312. The predicted octanol–water partition coefficient (Wildman–Crippen LogP) is 4.42. The highest BCUT2D eigenvalue weighted by atomic mass is 14.7. The van der Waals surface area contributed by atoms with E-state index in [1.54, 1.807) is 5.57 Å². The lowest BCUT2D eigenvalue weighted by Crippen LogP contribution is -2.28. The molecule has 4 bridgehead atoms. The van der Waals surface area contributed by atoms with Crippen LogP contribution in [0.1, 0.15) is 52.9 Å². The van der Waals surface area contributed by atoms with Crippen LogP contribution in [0.25, 0.3) is 0 Å². The molecule has 0 radical (unpaired) electrons. The van der Waals surface area contributed by atoms with Crippen LogP contribution in [0.2, 0.25) is 0 Å². The summed E-state index contributed by atoms with van der Waals surface area (Å²) in [5, 5.41) is 0. The van der Waals surface area contributed by atoms with E-state index in [9.17, 15) is 0 Å². The van der Waals surface area contributed by atoms with E-state index in [0.717, 1.165) is 17.8 Å².